The molecule has 0 unspecified atom stereocenters. The SMILES string of the molecule is O=S(=O)(c1cc(F)ccc1F)N1CCN(Cc2ccncc2)CC1. The molecule has 3 rings (SSSR count). The minimum absolute atomic E-state index is 0.239. The fourth-order valence-corrected chi connectivity index (χ4v) is 4.19. The lowest BCUT2D eigenvalue weighted by Gasteiger charge is -2.34. The van der Waals surface area contributed by atoms with Crippen LogP contribution in [0.3, 0.4) is 0 Å². The third kappa shape index (κ3) is 3.61. The lowest BCUT2D eigenvalue weighted by atomic mass is 10.2. The van der Waals surface area contributed by atoms with E-state index in [2.05, 4.69) is 9.88 Å². The van der Waals surface area contributed by atoms with Crippen molar-refractivity contribution in [2.24, 2.45) is 0 Å². The van der Waals surface area contributed by atoms with Crippen LogP contribution in [0.1, 0.15) is 5.56 Å². The molecule has 8 heteroatoms. The molecule has 0 bridgehead atoms. The smallest absolute Gasteiger partial charge is 0.246 e. The molecule has 0 saturated carbocycles. The summed E-state index contributed by atoms with van der Waals surface area (Å²) in [7, 11) is -4.03. The van der Waals surface area contributed by atoms with Crippen molar-refractivity contribution in [1.29, 1.82) is 0 Å². The number of rotatable bonds is 4. The average molecular weight is 353 g/mol. The third-order valence-electron chi connectivity index (χ3n) is 4.00. The minimum Gasteiger partial charge on any atom is -0.296 e. The zero-order valence-corrected chi connectivity index (χ0v) is 13.7. The molecule has 2 heterocycles. The van der Waals surface area contributed by atoms with Gasteiger partial charge in [0.25, 0.3) is 0 Å². The Bertz CT molecular complexity index is 807. The predicted molar refractivity (Wildman–Crippen MR) is 84.6 cm³/mol. The van der Waals surface area contributed by atoms with Gasteiger partial charge in [-0.15, -0.1) is 0 Å². The zero-order valence-electron chi connectivity index (χ0n) is 12.9. The van der Waals surface area contributed by atoms with E-state index in [-0.39, 0.29) is 13.1 Å². The Balaban J connectivity index is 1.68. The molecule has 1 fully saturated rings. The Morgan fingerprint density at radius 3 is 2.33 bits per heavy atom. The highest BCUT2D eigenvalue weighted by Crippen LogP contribution is 2.22. The van der Waals surface area contributed by atoms with Crippen LogP contribution in [0.15, 0.2) is 47.6 Å². The van der Waals surface area contributed by atoms with Gasteiger partial charge >= 0.3 is 0 Å². The van der Waals surface area contributed by atoms with Crippen LogP contribution < -0.4 is 0 Å². The van der Waals surface area contributed by atoms with Gasteiger partial charge in [0.05, 0.1) is 0 Å². The highest BCUT2D eigenvalue weighted by atomic mass is 32.2. The number of nitrogens with zero attached hydrogens (tertiary/aromatic N) is 3. The molecule has 0 spiro atoms. The van der Waals surface area contributed by atoms with Crippen molar-refractivity contribution in [2.45, 2.75) is 11.4 Å². The second kappa shape index (κ2) is 6.92. The molecule has 1 aliphatic rings. The van der Waals surface area contributed by atoms with Crippen LogP contribution in [0.5, 0.6) is 0 Å². The summed E-state index contributed by atoms with van der Waals surface area (Å²) in [6, 6.07) is 6.29. The number of sulfonamides is 1. The van der Waals surface area contributed by atoms with Gasteiger partial charge in [0.2, 0.25) is 10.0 Å². The van der Waals surface area contributed by atoms with Crippen LogP contribution in [-0.2, 0) is 16.6 Å². The first-order valence-corrected chi connectivity index (χ1v) is 8.97. The van der Waals surface area contributed by atoms with E-state index in [1.54, 1.807) is 12.4 Å². The summed E-state index contributed by atoms with van der Waals surface area (Å²) < 4.78 is 53.3. The van der Waals surface area contributed by atoms with E-state index in [0.717, 1.165) is 23.8 Å². The van der Waals surface area contributed by atoms with Crippen molar-refractivity contribution >= 4 is 10.0 Å². The van der Waals surface area contributed by atoms with Gasteiger partial charge in [0.1, 0.15) is 16.5 Å². The molecule has 1 aliphatic heterocycles. The molecule has 1 aromatic carbocycles. The number of piperazine rings is 1. The van der Waals surface area contributed by atoms with E-state index in [0.29, 0.717) is 19.6 Å². The van der Waals surface area contributed by atoms with Crippen LogP contribution >= 0.6 is 0 Å². The topological polar surface area (TPSA) is 53.5 Å². The van der Waals surface area contributed by atoms with Crippen molar-refractivity contribution in [3.63, 3.8) is 0 Å². The first-order chi connectivity index (χ1) is 11.5. The normalized spacial score (nSPS) is 17.1. The molecule has 1 aromatic heterocycles. The molecule has 0 N–H and O–H groups in total. The van der Waals surface area contributed by atoms with Crippen LogP contribution in [0.25, 0.3) is 0 Å². The maximum Gasteiger partial charge on any atom is 0.246 e. The van der Waals surface area contributed by atoms with E-state index in [9.17, 15) is 17.2 Å². The summed E-state index contributed by atoms with van der Waals surface area (Å²) in [5.41, 5.74) is 1.09. The third-order valence-corrected chi connectivity index (χ3v) is 5.91. The summed E-state index contributed by atoms with van der Waals surface area (Å²) >= 11 is 0. The number of halogens is 2. The molecule has 0 radical (unpaired) electrons. The van der Waals surface area contributed by atoms with Gasteiger partial charge in [0.15, 0.2) is 0 Å². The van der Waals surface area contributed by atoms with Crippen LogP contribution in [0.2, 0.25) is 0 Å². The molecule has 128 valence electrons. The largest absolute Gasteiger partial charge is 0.296 e. The second-order valence-electron chi connectivity index (χ2n) is 5.61. The molecule has 24 heavy (non-hydrogen) atoms. The van der Waals surface area contributed by atoms with Gasteiger partial charge in [-0.3, -0.25) is 9.88 Å². The second-order valence-corrected chi connectivity index (χ2v) is 7.52. The standard InChI is InChI=1S/C16H17F2N3O2S/c17-14-1-2-15(18)16(11-14)24(22,23)21-9-7-20(8-10-21)12-13-3-5-19-6-4-13/h1-6,11H,7-10,12H2. The van der Waals surface area contributed by atoms with Gasteiger partial charge in [-0.1, -0.05) is 0 Å². The quantitative estimate of drug-likeness (QED) is 0.842. The van der Waals surface area contributed by atoms with Gasteiger partial charge in [-0.25, -0.2) is 17.2 Å². The van der Waals surface area contributed by atoms with Crippen molar-refractivity contribution < 1.29 is 17.2 Å². The Labute approximate surface area is 139 Å². The van der Waals surface area contributed by atoms with Crippen LogP contribution in [0.4, 0.5) is 8.78 Å². The van der Waals surface area contributed by atoms with Gasteiger partial charge in [0, 0.05) is 45.1 Å². The van der Waals surface area contributed by atoms with Crippen molar-refractivity contribution in [2.75, 3.05) is 26.2 Å². The summed E-state index contributed by atoms with van der Waals surface area (Å²) in [6.45, 7) is 2.23. The lowest BCUT2D eigenvalue weighted by Crippen LogP contribution is -2.48. The number of benzene rings is 1. The van der Waals surface area contributed by atoms with Crippen LogP contribution in [-0.4, -0.2) is 48.8 Å². The maximum atomic E-state index is 13.8. The van der Waals surface area contributed by atoms with Gasteiger partial charge < -0.3 is 0 Å². The predicted octanol–water partition coefficient (Wildman–Crippen LogP) is 1.87. The van der Waals surface area contributed by atoms with E-state index < -0.39 is 26.6 Å². The summed E-state index contributed by atoms with van der Waals surface area (Å²) in [6.07, 6.45) is 3.42. The van der Waals surface area contributed by atoms with Crippen molar-refractivity contribution in [1.82, 2.24) is 14.2 Å². The number of hydrogen-bond donors (Lipinski definition) is 0. The number of aromatic nitrogens is 1. The lowest BCUT2D eigenvalue weighted by molar-refractivity contribution is 0.181. The summed E-state index contributed by atoms with van der Waals surface area (Å²) in [5, 5.41) is 0. The molecular weight excluding hydrogens is 336 g/mol. The summed E-state index contributed by atoms with van der Waals surface area (Å²) in [5.74, 6) is -1.71. The van der Waals surface area contributed by atoms with Gasteiger partial charge in [-0.2, -0.15) is 4.31 Å². The maximum absolute atomic E-state index is 13.8. The Kier molecular flexibility index (Phi) is 4.88. The van der Waals surface area contributed by atoms with E-state index in [1.165, 1.54) is 4.31 Å². The fraction of sp³-hybridized carbons (Fsp3) is 0.312. The van der Waals surface area contributed by atoms with E-state index in [1.807, 2.05) is 12.1 Å². The highest BCUT2D eigenvalue weighted by molar-refractivity contribution is 7.89. The Hall–Kier alpha value is -1.90. The molecule has 0 amide bonds. The Morgan fingerprint density at radius 2 is 1.67 bits per heavy atom. The van der Waals surface area contributed by atoms with Gasteiger partial charge in [-0.05, 0) is 35.9 Å². The summed E-state index contributed by atoms with van der Waals surface area (Å²) in [4.78, 5) is 5.47. The minimum atomic E-state index is -4.03. The van der Waals surface area contributed by atoms with Crippen molar-refractivity contribution in [3.8, 4) is 0 Å². The molecular formula is C16H17F2N3O2S. The van der Waals surface area contributed by atoms with E-state index in [4.69, 9.17) is 0 Å². The number of hydrogen-bond acceptors (Lipinski definition) is 4. The first kappa shape index (κ1) is 16.9. The molecule has 5 nitrogen and oxygen atoms in total. The number of pyridine rings is 1. The highest BCUT2D eigenvalue weighted by Gasteiger charge is 2.30. The first-order valence-electron chi connectivity index (χ1n) is 7.53. The Morgan fingerprint density at radius 1 is 1.00 bits per heavy atom. The molecule has 0 atom stereocenters. The average Bonchev–Trinajstić information content (AvgIpc) is 2.58. The zero-order chi connectivity index (χ0) is 17.2. The monoisotopic (exact) mass is 353 g/mol. The molecule has 0 aliphatic carbocycles. The van der Waals surface area contributed by atoms with Crippen LogP contribution in [0, 0.1) is 11.6 Å². The molecule has 2 aromatic rings. The van der Waals surface area contributed by atoms with Crippen molar-refractivity contribution in [3.05, 3.63) is 59.9 Å². The molecule has 1 saturated heterocycles. The fourth-order valence-electron chi connectivity index (χ4n) is 2.69. The van der Waals surface area contributed by atoms with E-state index >= 15 is 0 Å².